The Hall–Kier alpha value is -2.47. The van der Waals surface area contributed by atoms with Gasteiger partial charge in [0.1, 0.15) is 12.1 Å². The fraction of sp³-hybridized carbons (Fsp3) is 0.353. The van der Waals surface area contributed by atoms with Crippen LogP contribution in [-0.2, 0) is 0 Å². The maximum Gasteiger partial charge on any atom is 0.163 e. The van der Waals surface area contributed by atoms with Crippen LogP contribution in [0.5, 0.6) is 0 Å². The van der Waals surface area contributed by atoms with Crippen molar-refractivity contribution in [1.29, 1.82) is 0 Å². The van der Waals surface area contributed by atoms with E-state index in [0.29, 0.717) is 6.04 Å². The van der Waals surface area contributed by atoms with Crippen LogP contribution in [0.2, 0.25) is 0 Å². The van der Waals surface area contributed by atoms with E-state index in [1.54, 1.807) is 6.33 Å². The predicted octanol–water partition coefficient (Wildman–Crippen LogP) is 2.80. The molecule has 0 spiro atoms. The van der Waals surface area contributed by atoms with Gasteiger partial charge in [-0.3, -0.25) is 0 Å². The van der Waals surface area contributed by atoms with E-state index in [0.717, 1.165) is 48.5 Å². The van der Waals surface area contributed by atoms with Gasteiger partial charge in [-0.25, -0.2) is 14.6 Å². The van der Waals surface area contributed by atoms with Crippen molar-refractivity contribution in [3.63, 3.8) is 0 Å². The standard InChI is InChI=1S/C17H20N6/c1-12-2-4-13(5-3-12)22-16-15-10-21-23(17(15)20-11-19-16)14-6-8-18-9-7-14/h2-5,10-11,14,18H,6-9H2,1H3,(H,19,20,22). The number of piperidine rings is 1. The third-order valence-corrected chi connectivity index (χ3v) is 4.36. The maximum atomic E-state index is 4.58. The quantitative estimate of drug-likeness (QED) is 0.779. The van der Waals surface area contributed by atoms with Crippen LogP contribution < -0.4 is 10.6 Å². The first-order valence-corrected chi connectivity index (χ1v) is 8.04. The monoisotopic (exact) mass is 308 g/mol. The van der Waals surface area contributed by atoms with Crippen LogP contribution >= 0.6 is 0 Å². The molecule has 0 unspecified atom stereocenters. The highest BCUT2D eigenvalue weighted by atomic mass is 15.3. The van der Waals surface area contributed by atoms with Crippen LogP contribution in [0.3, 0.4) is 0 Å². The van der Waals surface area contributed by atoms with Crippen molar-refractivity contribution in [2.24, 2.45) is 0 Å². The van der Waals surface area contributed by atoms with Gasteiger partial charge >= 0.3 is 0 Å². The van der Waals surface area contributed by atoms with E-state index in [1.807, 2.05) is 6.20 Å². The first-order valence-electron chi connectivity index (χ1n) is 8.04. The summed E-state index contributed by atoms with van der Waals surface area (Å²) < 4.78 is 2.05. The van der Waals surface area contributed by atoms with Gasteiger partial charge in [0, 0.05) is 5.69 Å². The Balaban J connectivity index is 1.68. The van der Waals surface area contributed by atoms with Crippen molar-refractivity contribution < 1.29 is 0 Å². The maximum absolute atomic E-state index is 4.58. The van der Waals surface area contributed by atoms with Crippen molar-refractivity contribution in [2.75, 3.05) is 18.4 Å². The zero-order valence-electron chi connectivity index (χ0n) is 13.2. The molecular formula is C17H20N6. The van der Waals surface area contributed by atoms with Crippen molar-refractivity contribution in [2.45, 2.75) is 25.8 Å². The van der Waals surface area contributed by atoms with Crippen LogP contribution in [0.4, 0.5) is 11.5 Å². The van der Waals surface area contributed by atoms with E-state index < -0.39 is 0 Å². The molecule has 6 nitrogen and oxygen atoms in total. The SMILES string of the molecule is Cc1ccc(Nc2ncnc3c2cnn3C2CCNCC2)cc1. The second-order valence-electron chi connectivity index (χ2n) is 6.02. The molecule has 1 aliphatic rings. The number of aryl methyl sites for hydroxylation is 1. The molecule has 0 radical (unpaired) electrons. The molecule has 2 aromatic heterocycles. The molecule has 23 heavy (non-hydrogen) atoms. The number of aromatic nitrogens is 4. The number of fused-ring (bicyclic) bond motifs is 1. The summed E-state index contributed by atoms with van der Waals surface area (Å²) in [6.45, 7) is 4.15. The van der Waals surface area contributed by atoms with Gasteiger partial charge in [-0.1, -0.05) is 17.7 Å². The number of nitrogens with zero attached hydrogens (tertiary/aromatic N) is 4. The largest absolute Gasteiger partial charge is 0.340 e. The van der Waals surface area contributed by atoms with Gasteiger partial charge in [-0.15, -0.1) is 0 Å². The lowest BCUT2D eigenvalue weighted by Crippen LogP contribution is -2.29. The molecule has 0 amide bonds. The van der Waals surface area contributed by atoms with Crippen LogP contribution in [0, 0.1) is 6.92 Å². The molecule has 0 atom stereocenters. The van der Waals surface area contributed by atoms with Gasteiger partial charge < -0.3 is 10.6 Å². The van der Waals surface area contributed by atoms with Gasteiger partial charge in [0.2, 0.25) is 0 Å². The minimum absolute atomic E-state index is 0.413. The molecule has 118 valence electrons. The minimum atomic E-state index is 0.413. The molecule has 1 fully saturated rings. The van der Waals surface area contributed by atoms with Crippen LogP contribution in [0.15, 0.2) is 36.8 Å². The van der Waals surface area contributed by atoms with Gasteiger partial charge in [0.25, 0.3) is 0 Å². The zero-order chi connectivity index (χ0) is 15.6. The molecule has 0 aliphatic carbocycles. The molecular weight excluding hydrogens is 288 g/mol. The lowest BCUT2D eigenvalue weighted by molar-refractivity contribution is 0.349. The molecule has 6 heteroatoms. The van der Waals surface area contributed by atoms with Crippen LogP contribution in [0.25, 0.3) is 11.0 Å². The first-order chi connectivity index (χ1) is 11.3. The number of nitrogens with one attached hydrogen (secondary N) is 2. The van der Waals surface area contributed by atoms with E-state index in [9.17, 15) is 0 Å². The highest BCUT2D eigenvalue weighted by Crippen LogP contribution is 2.27. The Kier molecular flexibility index (Phi) is 3.67. The van der Waals surface area contributed by atoms with Gasteiger partial charge in [-0.2, -0.15) is 5.10 Å². The second kappa shape index (κ2) is 5.96. The van der Waals surface area contributed by atoms with E-state index in [4.69, 9.17) is 0 Å². The summed E-state index contributed by atoms with van der Waals surface area (Å²) in [5.41, 5.74) is 3.16. The Morgan fingerprint density at radius 3 is 2.70 bits per heavy atom. The summed E-state index contributed by atoms with van der Waals surface area (Å²) in [5, 5.41) is 12.3. The Morgan fingerprint density at radius 1 is 1.13 bits per heavy atom. The lowest BCUT2D eigenvalue weighted by atomic mass is 10.1. The van der Waals surface area contributed by atoms with Gasteiger partial charge in [-0.05, 0) is 45.0 Å². The summed E-state index contributed by atoms with van der Waals surface area (Å²) in [5.74, 6) is 0.805. The van der Waals surface area contributed by atoms with Gasteiger partial charge in [0.15, 0.2) is 5.65 Å². The summed E-state index contributed by atoms with van der Waals surface area (Å²) in [6.07, 6.45) is 5.65. The minimum Gasteiger partial charge on any atom is -0.340 e. The van der Waals surface area contributed by atoms with E-state index in [2.05, 4.69) is 61.6 Å². The normalized spacial score (nSPS) is 15.9. The molecule has 1 saturated heterocycles. The Labute approximate surface area is 135 Å². The van der Waals surface area contributed by atoms with Crippen LogP contribution in [-0.4, -0.2) is 32.8 Å². The average Bonchev–Trinajstić information content (AvgIpc) is 3.03. The van der Waals surface area contributed by atoms with Crippen molar-refractivity contribution >= 4 is 22.5 Å². The van der Waals surface area contributed by atoms with Crippen molar-refractivity contribution in [1.82, 2.24) is 25.1 Å². The fourth-order valence-corrected chi connectivity index (χ4v) is 3.05. The third-order valence-electron chi connectivity index (χ3n) is 4.36. The summed E-state index contributed by atoms with van der Waals surface area (Å²) >= 11 is 0. The summed E-state index contributed by atoms with van der Waals surface area (Å²) in [7, 11) is 0. The number of hydrogen-bond acceptors (Lipinski definition) is 5. The number of anilines is 2. The second-order valence-corrected chi connectivity index (χ2v) is 6.02. The summed E-state index contributed by atoms with van der Waals surface area (Å²) in [6, 6.07) is 8.69. The Morgan fingerprint density at radius 2 is 1.91 bits per heavy atom. The highest BCUT2D eigenvalue weighted by Gasteiger charge is 2.19. The van der Waals surface area contributed by atoms with Crippen molar-refractivity contribution in [3.8, 4) is 0 Å². The highest BCUT2D eigenvalue weighted by molar-refractivity contribution is 5.88. The van der Waals surface area contributed by atoms with Crippen LogP contribution in [0.1, 0.15) is 24.4 Å². The molecule has 2 N–H and O–H groups in total. The molecule has 3 heterocycles. The average molecular weight is 308 g/mol. The lowest BCUT2D eigenvalue weighted by Gasteiger charge is -2.23. The molecule has 0 bridgehead atoms. The zero-order valence-corrected chi connectivity index (χ0v) is 13.2. The first kappa shape index (κ1) is 14.1. The van der Waals surface area contributed by atoms with E-state index >= 15 is 0 Å². The topological polar surface area (TPSA) is 67.7 Å². The Bertz CT molecular complexity index is 802. The summed E-state index contributed by atoms with van der Waals surface area (Å²) in [4.78, 5) is 8.86. The number of rotatable bonds is 3. The third kappa shape index (κ3) is 2.77. The molecule has 4 rings (SSSR count). The predicted molar refractivity (Wildman–Crippen MR) is 90.9 cm³/mol. The molecule has 1 aromatic carbocycles. The van der Waals surface area contributed by atoms with Gasteiger partial charge in [0.05, 0.1) is 17.6 Å². The fourth-order valence-electron chi connectivity index (χ4n) is 3.05. The molecule has 0 saturated carbocycles. The number of benzene rings is 1. The smallest absolute Gasteiger partial charge is 0.163 e. The van der Waals surface area contributed by atoms with E-state index in [-0.39, 0.29) is 0 Å². The number of hydrogen-bond donors (Lipinski definition) is 2. The molecule has 1 aliphatic heterocycles. The molecule has 3 aromatic rings. The van der Waals surface area contributed by atoms with E-state index in [1.165, 1.54) is 5.56 Å². The van der Waals surface area contributed by atoms with Crippen molar-refractivity contribution in [3.05, 3.63) is 42.4 Å².